The van der Waals surface area contributed by atoms with Gasteiger partial charge in [0.15, 0.2) is 9.84 Å². The molecule has 1 amide bonds. The minimum Gasteiger partial charge on any atom is -0.338 e. The first-order valence-electron chi connectivity index (χ1n) is 6.78. The lowest BCUT2D eigenvalue weighted by molar-refractivity contribution is -0.130. The van der Waals surface area contributed by atoms with Crippen molar-refractivity contribution < 1.29 is 13.2 Å². The lowest BCUT2D eigenvalue weighted by atomic mass is 10.2. The molecule has 2 heterocycles. The second-order valence-electron chi connectivity index (χ2n) is 5.02. The molecule has 1 saturated heterocycles. The average Bonchev–Trinajstić information content (AvgIpc) is 2.99. The second-order valence-corrected chi connectivity index (χ2v) is 8.19. The van der Waals surface area contributed by atoms with E-state index in [0.29, 0.717) is 18.1 Å². The molecule has 0 aliphatic carbocycles. The van der Waals surface area contributed by atoms with Crippen LogP contribution in [0.2, 0.25) is 0 Å². The zero-order chi connectivity index (χ0) is 15.5. The zero-order valence-electron chi connectivity index (χ0n) is 12.1. The Bertz CT molecular complexity index is 601. The molecule has 118 valence electrons. The standard InChI is InChI=1S/C11H19N5O3S2/c1-3-5-16(9-4-6-21(18,19)8-9)10(17)7-20-11-12-13-14-15(11)2/h9H,3-8H2,1-2H3/t9-/m0/s1. The van der Waals surface area contributed by atoms with Crippen molar-refractivity contribution in [1.82, 2.24) is 25.1 Å². The Hall–Kier alpha value is -1.16. The predicted molar refractivity (Wildman–Crippen MR) is 78.6 cm³/mol. The molecule has 1 atom stereocenters. The molecule has 0 aromatic carbocycles. The van der Waals surface area contributed by atoms with Crippen LogP contribution in [-0.2, 0) is 21.7 Å². The molecule has 1 aromatic rings. The number of tetrazole rings is 1. The van der Waals surface area contributed by atoms with Gasteiger partial charge in [0.05, 0.1) is 17.3 Å². The Morgan fingerprint density at radius 2 is 2.29 bits per heavy atom. The Morgan fingerprint density at radius 1 is 1.52 bits per heavy atom. The van der Waals surface area contributed by atoms with E-state index >= 15 is 0 Å². The lowest BCUT2D eigenvalue weighted by Gasteiger charge is -2.27. The smallest absolute Gasteiger partial charge is 0.233 e. The van der Waals surface area contributed by atoms with E-state index in [1.54, 1.807) is 11.9 Å². The van der Waals surface area contributed by atoms with Crippen molar-refractivity contribution in [1.29, 1.82) is 0 Å². The summed E-state index contributed by atoms with van der Waals surface area (Å²) in [4.78, 5) is 14.1. The van der Waals surface area contributed by atoms with Gasteiger partial charge in [0.2, 0.25) is 11.1 Å². The molecular weight excluding hydrogens is 314 g/mol. The number of sulfone groups is 1. The summed E-state index contributed by atoms with van der Waals surface area (Å²) in [5, 5.41) is 11.6. The van der Waals surface area contributed by atoms with Crippen molar-refractivity contribution in [2.24, 2.45) is 7.05 Å². The topological polar surface area (TPSA) is 98.1 Å². The molecule has 1 aliphatic heterocycles. The largest absolute Gasteiger partial charge is 0.338 e. The summed E-state index contributed by atoms with van der Waals surface area (Å²) in [5.74, 6) is 0.400. The van der Waals surface area contributed by atoms with Gasteiger partial charge in [-0.05, 0) is 23.3 Å². The first kappa shape index (κ1) is 16.2. The summed E-state index contributed by atoms with van der Waals surface area (Å²) in [5.41, 5.74) is 0. The van der Waals surface area contributed by atoms with E-state index < -0.39 is 9.84 Å². The van der Waals surface area contributed by atoms with Gasteiger partial charge in [0.25, 0.3) is 0 Å². The Labute approximate surface area is 128 Å². The van der Waals surface area contributed by atoms with Gasteiger partial charge in [-0.15, -0.1) is 5.10 Å². The van der Waals surface area contributed by atoms with Crippen molar-refractivity contribution in [2.75, 3.05) is 23.8 Å². The second kappa shape index (κ2) is 6.73. The fourth-order valence-electron chi connectivity index (χ4n) is 2.33. The van der Waals surface area contributed by atoms with E-state index in [2.05, 4.69) is 15.5 Å². The number of amides is 1. The number of thioether (sulfide) groups is 1. The molecule has 0 unspecified atom stereocenters. The first-order chi connectivity index (χ1) is 9.93. The van der Waals surface area contributed by atoms with Gasteiger partial charge in [-0.1, -0.05) is 18.7 Å². The molecule has 1 fully saturated rings. The highest BCUT2D eigenvalue weighted by molar-refractivity contribution is 7.99. The molecule has 1 aliphatic rings. The summed E-state index contributed by atoms with van der Waals surface area (Å²) < 4.78 is 24.7. The third-order valence-corrected chi connectivity index (χ3v) is 6.09. The third kappa shape index (κ3) is 4.16. The van der Waals surface area contributed by atoms with Crippen LogP contribution in [0.3, 0.4) is 0 Å². The van der Waals surface area contributed by atoms with Crippen LogP contribution >= 0.6 is 11.8 Å². The quantitative estimate of drug-likeness (QED) is 0.661. The van der Waals surface area contributed by atoms with Crippen molar-refractivity contribution in [3.05, 3.63) is 0 Å². The maximum absolute atomic E-state index is 12.4. The van der Waals surface area contributed by atoms with Crippen LogP contribution in [0.1, 0.15) is 19.8 Å². The molecule has 8 nitrogen and oxygen atoms in total. The Morgan fingerprint density at radius 3 is 2.81 bits per heavy atom. The fourth-order valence-corrected chi connectivity index (χ4v) is 4.79. The van der Waals surface area contributed by atoms with Crippen LogP contribution in [-0.4, -0.2) is 69.3 Å². The third-order valence-electron chi connectivity index (χ3n) is 3.34. The number of carbonyl (C=O) groups is 1. The summed E-state index contributed by atoms with van der Waals surface area (Å²) in [7, 11) is -1.29. The maximum atomic E-state index is 12.4. The first-order valence-corrected chi connectivity index (χ1v) is 9.58. The van der Waals surface area contributed by atoms with Crippen LogP contribution in [0.15, 0.2) is 5.16 Å². The van der Waals surface area contributed by atoms with Crippen LogP contribution in [0.4, 0.5) is 0 Å². The van der Waals surface area contributed by atoms with Gasteiger partial charge in [-0.2, -0.15) is 0 Å². The van der Waals surface area contributed by atoms with Gasteiger partial charge in [-0.3, -0.25) is 4.79 Å². The van der Waals surface area contributed by atoms with Crippen LogP contribution in [0.25, 0.3) is 0 Å². The highest BCUT2D eigenvalue weighted by Gasteiger charge is 2.34. The highest BCUT2D eigenvalue weighted by Crippen LogP contribution is 2.20. The minimum atomic E-state index is -2.99. The summed E-state index contributed by atoms with van der Waals surface area (Å²) in [6.07, 6.45) is 1.34. The highest BCUT2D eigenvalue weighted by atomic mass is 32.2. The van der Waals surface area contributed by atoms with Gasteiger partial charge in [0.1, 0.15) is 0 Å². The Balaban J connectivity index is 1.97. The minimum absolute atomic E-state index is 0.0630. The number of hydrogen-bond donors (Lipinski definition) is 0. The van der Waals surface area contributed by atoms with Crippen molar-refractivity contribution in [3.8, 4) is 0 Å². The van der Waals surface area contributed by atoms with Crippen molar-refractivity contribution in [2.45, 2.75) is 31.0 Å². The van der Waals surface area contributed by atoms with E-state index in [1.807, 2.05) is 6.92 Å². The molecule has 0 saturated carbocycles. The number of carbonyl (C=O) groups excluding carboxylic acids is 1. The van der Waals surface area contributed by atoms with Gasteiger partial charge in [0, 0.05) is 19.6 Å². The molecule has 21 heavy (non-hydrogen) atoms. The van der Waals surface area contributed by atoms with Crippen LogP contribution in [0, 0.1) is 0 Å². The van der Waals surface area contributed by atoms with E-state index in [-0.39, 0.29) is 29.2 Å². The van der Waals surface area contributed by atoms with Gasteiger partial charge >= 0.3 is 0 Å². The fraction of sp³-hybridized carbons (Fsp3) is 0.818. The normalized spacial score (nSPS) is 20.6. The Kier molecular flexibility index (Phi) is 5.20. The van der Waals surface area contributed by atoms with E-state index in [4.69, 9.17) is 0 Å². The number of hydrogen-bond acceptors (Lipinski definition) is 7. The number of aromatic nitrogens is 4. The zero-order valence-corrected chi connectivity index (χ0v) is 13.7. The number of nitrogens with zero attached hydrogens (tertiary/aromatic N) is 5. The molecule has 0 N–H and O–H groups in total. The molecule has 1 aromatic heterocycles. The van der Waals surface area contributed by atoms with E-state index in [1.165, 1.54) is 16.4 Å². The van der Waals surface area contributed by atoms with E-state index in [0.717, 1.165) is 6.42 Å². The summed E-state index contributed by atoms with van der Waals surface area (Å²) >= 11 is 1.26. The molecule has 2 rings (SSSR count). The molecule has 0 radical (unpaired) electrons. The van der Waals surface area contributed by atoms with Gasteiger partial charge < -0.3 is 4.90 Å². The van der Waals surface area contributed by atoms with E-state index in [9.17, 15) is 13.2 Å². The average molecular weight is 333 g/mol. The van der Waals surface area contributed by atoms with Crippen LogP contribution in [0.5, 0.6) is 0 Å². The summed E-state index contributed by atoms with van der Waals surface area (Å²) in [6.45, 7) is 2.56. The molecule has 0 spiro atoms. The predicted octanol–water partition coefficient (Wildman–Crippen LogP) is -0.272. The van der Waals surface area contributed by atoms with Gasteiger partial charge in [-0.25, -0.2) is 13.1 Å². The van der Waals surface area contributed by atoms with Crippen LogP contribution < -0.4 is 0 Å². The van der Waals surface area contributed by atoms with Crippen molar-refractivity contribution >= 4 is 27.5 Å². The number of rotatable bonds is 6. The maximum Gasteiger partial charge on any atom is 0.233 e. The molecular formula is C11H19N5O3S2. The number of aryl methyl sites for hydroxylation is 1. The monoisotopic (exact) mass is 333 g/mol. The molecule has 0 bridgehead atoms. The van der Waals surface area contributed by atoms with Crippen molar-refractivity contribution in [3.63, 3.8) is 0 Å². The summed E-state index contributed by atoms with van der Waals surface area (Å²) in [6, 6.07) is -0.194. The lowest BCUT2D eigenvalue weighted by Crippen LogP contribution is -2.42. The SMILES string of the molecule is CCCN(C(=O)CSc1nnnn1C)[C@H]1CCS(=O)(=O)C1. The molecule has 10 heteroatoms.